The third kappa shape index (κ3) is 3.48. The van der Waals surface area contributed by atoms with Crippen molar-refractivity contribution in [1.82, 2.24) is 9.97 Å². The zero-order chi connectivity index (χ0) is 21.5. The van der Waals surface area contributed by atoms with Gasteiger partial charge in [-0.25, -0.2) is 0 Å². The Labute approximate surface area is 178 Å². The van der Waals surface area contributed by atoms with Crippen molar-refractivity contribution < 1.29 is 19.0 Å². The summed E-state index contributed by atoms with van der Waals surface area (Å²) in [5.74, 6) is 2.36. The zero-order valence-electron chi connectivity index (χ0n) is 17.2. The summed E-state index contributed by atoms with van der Waals surface area (Å²) in [6, 6.07) is 12.7. The summed E-state index contributed by atoms with van der Waals surface area (Å²) in [7, 11) is 3.17. The smallest absolute Gasteiger partial charge is 0.249 e. The van der Waals surface area contributed by atoms with Gasteiger partial charge in [0.1, 0.15) is 11.5 Å². The molecule has 0 saturated heterocycles. The number of hydrogen-bond acceptors (Lipinski definition) is 6. The van der Waals surface area contributed by atoms with Gasteiger partial charge < -0.3 is 19.9 Å². The van der Waals surface area contributed by atoms with Crippen LogP contribution in [-0.4, -0.2) is 30.1 Å². The summed E-state index contributed by atoms with van der Waals surface area (Å²) >= 11 is 0. The highest BCUT2D eigenvalue weighted by atomic mass is 16.5. The summed E-state index contributed by atoms with van der Waals surface area (Å²) < 4.78 is 17.0. The van der Waals surface area contributed by atoms with Gasteiger partial charge in [-0.05, 0) is 43.2 Å². The van der Waals surface area contributed by atoms with Crippen LogP contribution in [0.3, 0.4) is 0 Å². The molecular weight excluding hydrogens is 394 g/mol. The van der Waals surface area contributed by atoms with E-state index in [4.69, 9.17) is 24.9 Å². The Morgan fingerprint density at radius 3 is 2.42 bits per heavy atom. The van der Waals surface area contributed by atoms with Crippen LogP contribution in [0.25, 0.3) is 21.8 Å². The van der Waals surface area contributed by atoms with Crippen molar-refractivity contribution in [1.29, 1.82) is 0 Å². The van der Waals surface area contributed by atoms with E-state index in [9.17, 15) is 4.79 Å². The third-order valence-corrected chi connectivity index (χ3v) is 5.50. The number of rotatable bonds is 6. The van der Waals surface area contributed by atoms with Gasteiger partial charge >= 0.3 is 0 Å². The highest BCUT2D eigenvalue weighted by Crippen LogP contribution is 2.41. The van der Waals surface area contributed by atoms with E-state index in [-0.39, 0.29) is 0 Å². The number of carbonyl (C=O) groups excluding carboxylic acids is 1. The second-order valence-electron chi connectivity index (χ2n) is 7.55. The van der Waals surface area contributed by atoms with Gasteiger partial charge in [-0.15, -0.1) is 0 Å². The first kappa shape index (κ1) is 19.1. The fourth-order valence-electron chi connectivity index (χ4n) is 3.75. The van der Waals surface area contributed by atoms with Crippen LogP contribution in [0.15, 0.2) is 48.7 Å². The average molecular weight is 415 g/mol. The third-order valence-electron chi connectivity index (χ3n) is 5.50. The van der Waals surface area contributed by atoms with E-state index in [1.54, 1.807) is 32.5 Å². The van der Waals surface area contributed by atoms with Gasteiger partial charge in [-0.2, -0.15) is 0 Å². The van der Waals surface area contributed by atoms with E-state index >= 15 is 0 Å². The van der Waals surface area contributed by atoms with Crippen LogP contribution >= 0.6 is 0 Å². The van der Waals surface area contributed by atoms with E-state index in [1.165, 1.54) is 0 Å². The SMILES string of the molecule is COc1cc2nccc(Oc3ccc4c(C(N)=O)cc(C5CC5)nc4c3)c2cc1OC. The lowest BCUT2D eigenvalue weighted by molar-refractivity contribution is 0.100. The molecule has 1 amide bonds. The van der Waals surface area contributed by atoms with Crippen molar-refractivity contribution in [3.05, 3.63) is 59.9 Å². The van der Waals surface area contributed by atoms with E-state index in [0.29, 0.717) is 40.0 Å². The number of hydrogen-bond donors (Lipinski definition) is 1. The monoisotopic (exact) mass is 415 g/mol. The normalized spacial score (nSPS) is 13.4. The average Bonchev–Trinajstić information content (AvgIpc) is 3.63. The molecule has 0 bridgehead atoms. The molecule has 1 aliphatic rings. The number of ether oxygens (including phenoxy) is 3. The topological polar surface area (TPSA) is 96.6 Å². The van der Waals surface area contributed by atoms with Crippen molar-refractivity contribution in [3.8, 4) is 23.0 Å². The fourth-order valence-corrected chi connectivity index (χ4v) is 3.75. The zero-order valence-corrected chi connectivity index (χ0v) is 17.2. The van der Waals surface area contributed by atoms with Gasteiger partial charge in [0.2, 0.25) is 5.91 Å². The van der Waals surface area contributed by atoms with Crippen molar-refractivity contribution in [2.45, 2.75) is 18.8 Å². The fraction of sp³-hybridized carbons (Fsp3) is 0.208. The van der Waals surface area contributed by atoms with Crippen LogP contribution in [-0.2, 0) is 0 Å². The van der Waals surface area contributed by atoms with Crippen LogP contribution in [0, 0.1) is 0 Å². The number of fused-ring (bicyclic) bond motifs is 2. The standard InChI is InChI=1S/C24H21N3O4/c1-29-22-11-17-19(12-23(22)30-2)26-8-7-21(17)31-14-5-6-15-16(24(25)28)10-18(13-3-4-13)27-20(15)9-14/h5-13H,3-4H2,1-2H3,(H2,25,28). The molecule has 31 heavy (non-hydrogen) atoms. The Hall–Kier alpha value is -3.87. The van der Waals surface area contributed by atoms with Gasteiger partial charge in [0.25, 0.3) is 0 Å². The van der Waals surface area contributed by atoms with Crippen LogP contribution in [0.5, 0.6) is 23.0 Å². The molecule has 0 radical (unpaired) electrons. The molecule has 2 heterocycles. The van der Waals surface area contributed by atoms with Gasteiger partial charge in [0.15, 0.2) is 11.5 Å². The molecule has 156 valence electrons. The first-order valence-corrected chi connectivity index (χ1v) is 10.0. The lowest BCUT2D eigenvalue weighted by Gasteiger charge is -2.13. The van der Waals surface area contributed by atoms with Crippen LogP contribution in [0.1, 0.15) is 34.8 Å². The number of carbonyl (C=O) groups is 1. The molecule has 2 aromatic carbocycles. The number of aromatic nitrogens is 2. The number of nitrogens with two attached hydrogens (primary N) is 1. The molecule has 7 heteroatoms. The van der Waals surface area contributed by atoms with Crippen molar-refractivity contribution in [3.63, 3.8) is 0 Å². The Morgan fingerprint density at radius 1 is 0.935 bits per heavy atom. The maximum atomic E-state index is 12.0. The predicted molar refractivity (Wildman–Crippen MR) is 117 cm³/mol. The molecule has 0 spiro atoms. The Balaban J connectivity index is 1.59. The first-order chi connectivity index (χ1) is 15.1. The van der Waals surface area contributed by atoms with Crippen LogP contribution < -0.4 is 19.9 Å². The molecule has 0 atom stereocenters. The van der Waals surface area contributed by atoms with Crippen LogP contribution in [0.2, 0.25) is 0 Å². The molecule has 1 fully saturated rings. The molecular formula is C24H21N3O4. The minimum Gasteiger partial charge on any atom is -0.493 e. The van der Waals surface area contributed by atoms with Gasteiger partial charge in [-0.1, -0.05) is 0 Å². The largest absolute Gasteiger partial charge is 0.493 e. The van der Waals surface area contributed by atoms with Crippen molar-refractivity contribution in [2.75, 3.05) is 14.2 Å². The quantitative estimate of drug-likeness (QED) is 0.496. The maximum absolute atomic E-state index is 12.0. The van der Waals surface area contributed by atoms with E-state index in [1.807, 2.05) is 30.3 Å². The molecule has 2 aromatic heterocycles. The Kier molecular flexibility index (Phi) is 4.58. The minimum atomic E-state index is -0.455. The molecule has 7 nitrogen and oxygen atoms in total. The second-order valence-corrected chi connectivity index (χ2v) is 7.55. The Bertz CT molecular complexity index is 1330. The summed E-state index contributed by atoms with van der Waals surface area (Å²) in [6.07, 6.45) is 3.85. The molecule has 2 N–H and O–H groups in total. The van der Waals surface area contributed by atoms with E-state index in [2.05, 4.69) is 4.98 Å². The number of pyridine rings is 2. The molecule has 1 saturated carbocycles. The highest BCUT2D eigenvalue weighted by Gasteiger charge is 2.26. The molecule has 4 aromatic rings. The lowest BCUT2D eigenvalue weighted by atomic mass is 10.1. The van der Waals surface area contributed by atoms with Gasteiger partial charge in [-0.3, -0.25) is 14.8 Å². The number of nitrogens with zero attached hydrogens (tertiary/aromatic N) is 2. The molecule has 1 aliphatic carbocycles. The lowest BCUT2D eigenvalue weighted by Crippen LogP contribution is -2.12. The summed E-state index contributed by atoms with van der Waals surface area (Å²) in [6.45, 7) is 0. The molecule has 0 unspecified atom stereocenters. The number of primary amides is 1. The number of methoxy groups -OCH3 is 2. The number of benzene rings is 2. The minimum absolute atomic E-state index is 0.402. The summed E-state index contributed by atoms with van der Waals surface area (Å²) in [4.78, 5) is 21.1. The van der Waals surface area contributed by atoms with Crippen molar-refractivity contribution >= 4 is 27.7 Å². The maximum Gasteiger partial charge on any atom is 0.249 e. The van der Waals surface area contributed by atoms with Gasteiger partial charge in [0.05, 0.1) is 30.8 Å². The van der Waals surface area contributed by atoms with Crippen molar-refractivity contribution in [2.24, 2.45) is 5.73 Å². The molecule has 5 rings (SSSR count). The van der Waals surface area contributed by atoms with E-state index < -0.39 is 5.91 Å². The highest BCUT2D eigenvalue weighted by molar-refractivity contribution is 6.05. The summed E-state index contributed by atoms with van der Waals surface area (Å²) in [5, 5.41) is 1.51. The Morgan fingerprint density at radius 2 is 1.71 bits per heavy atom. The van der Waals surface area contributed by atoms with Crippen LogP contribution in [0.4, 0.5) is 0 Å². The van der Waals surface area contributed by atoms with E-state index in [0.717, 1.165) is 34.8 Å². The summed E-state index contributed by atoms with van der Waals surface area (Å²) in [5.41, 5.74) is 8.43. The predicted octanol–water partition coefficient (Wildman–Crippen LogP) is 4.57. The number of amides is 1. The van der Waals surface area contributed by atoms with Gasteiger partial charge in [0, 0.05) is 40.7 Å². The molecule has 0 aliphatic heterocycles. The first-order valence-electron chi connectivity index (χ1n) is 10.0. The second kappa shape index (κ2) is 7.43.